The molecule has 0 unspecified atom stereocenters. The Hall–Kier alpha value is -2.77. The van der Waals surface area contributed by atoms with Crippen molar-refractivity contribution in [1.29, 1.82) is 0 Å². The second-order valence-corrected chi connectivity index (χ2v) is 4.67. The highest BCUT2D eigenvalue weighted by molar-refractivity contribution is 5.81. The highest BCUT2D eigenvalue weighted by Gasteiger charge is 2.30. The molecule has 0 saturated heterocycles. The Kier molecular flexibility index (Phi) is 3.16. The molecule has 8 heteroatoms. The topological polar surface area (TPSA) is 70.8 Å². The fourth-order valence-corrected chi connectivity index (χ4v) is 2.13. The zero-order chi connectivity index (χ0) is 15.9. The number of halogens is 3. The molecule has 2 heterocycles. The van der Waals surface area contributed by atoms with Crippen molar-refractivity contribution in [3.8, 4) is 17.0 Å². The number of fused-ring (bicyclic) bond motifs is 1. The Morgan fingerprint density at radius 1 is 1.14 bits per heavy atom. The van der Waals surface area contributed by atoms with Gasteiger partial charge in [-0.3, -0.25) is 4.79 Å². The molecule has 0 aliphatic carbocycles. The van der Waals surface area contributed by atoms with Crippen LogP contribution in [0.25, 0.3) is 22.3 Å². The summed E-state index contributed by atoms with van der Waals surface area (Å²) in [5.41, 5.74) is 1.70. The Labute approximate surface area is 121 Å². The molecule has 0 amide bonds. The van der Waals surface area contributed by atoms with Crippen LogP contribution < -0.4 is 10.3 Å². The summed E-state index contributed by atoms with van der Waals surface area (Å²) >= 11 is 0. The smallest absolute Gasteiger partial charge is 0.406 e. The van der Waals surface area contributed by atoms with E-state index in [0.29, 0.717) is 28.1 Å². The molecule has 0 radical (unpaired) electrons. The third-order valence-corrected chi connectivity index (χ3v) is 3.01. The molecule has 114 valence electrons. The van der Waals surface area contributed by atoms with Gasteiger partial charge in [-0.15, -0.1) is 13.2 Å². The maximum Gasteiger partial charge on any atom is 0.573 e. The summed E-state index contributed by atoms with van der Waals surface area (Å²) < 4.78 is 40.1. The summed E-state index contributed by atoms with van der Waals surface area (Å²) in [5, 5.41) is 0. The van der Waals surface area contributed by atoms with Crippen molar-refractivity contribution in [2.45, 2.75) is 13.3 Å². The van der Waals surface area contributed by atoms with Gasteiger partial charge in [-0.25, -0.2) is 4.98 Å². The van der Waals surface area contributed by atoms with E-state index < -0.39 is 6.36 Å². The van der Waals surface area contributed by atoms with Crippen molar-refractivity contribution < 1.29 is 17.9 Å². The fourth-order valence-electron chi connectivity index (χ4n) is 2.13. The molecule has 5 nitrogen and oxygen atoms in total. The van der Waals surface area contributed by atoms with Crippen LogP contribution in [0.2, 0.25) is 0 Å². The van der Waals surface area contributed by atoms with E-state index in [0.717, 1.165) is 0 Å². The normalized spacial score (nSPS) is 11.8. The number of hydrogen-bond acceptors (Lipinski definition) is 3. The van der Waals surface area contributed by atoms with Crippen LogP contribution in [0.4, 0.5) is 13.2 Å². The average molecular weight is 309 g/mol. The van der Waals surface area contributed by atoms with Crippen LogP contribution in [0.5, 0.6) is 5.75 Å². The van der Waals surface area contributed by atoms with Crippen LogP contribution in [0.3, 0.4) is 0 Å². The first-order valence-electron chi connectivity index (χ1n) is 6.28. The number of nitrogens with zero attached hydrogens (tertiary/aromatic N) is 1. The number of aromatic amines is 2. The quantitative estimate of drug-likeness (QED) is 0.764. The highest BCUT2D eigenvalue weighted by Crippen LogP contribution is 2.27. The Balaban J connectivity index is 1.97. The predicted molar refractivity (Wildman–Crippen MR) is 73.6 cm³/mol. The second kappa shape index (κ2) is 4.90. The predicted octanol–water partition coefficient (Wildman–Crippen LogP) is 3.13. The van der Waals surface area contributed by atoms with Gasteiger partial charge in [0.15, 0.2) is 0 Å². The molecular formula is C14H10F3N3O2. The Bertz CT molecular complexity index is 879. The van der Waals surface area contributed by atoms with Crippen molar-refractivity contribution in [3.05, 3.63) is 46.5 Å². The van der Waals surface area contributed by atoms with Gasteiger partial charge < -0.3 is 14.7 Å². The highest BCUT2D eigenvalue weighted by atomic mass is 19.4. The van der Waals surface area contributed by atoms with Gasteiger partial charge in [-0.2, -0.15) is 0 Å². The van der Waals surface area contributed by atoms with E-state index in [1.165, 1.54) is 24.3 Å². The van der Waals surface area contributed by atoms with Crippen molar-refractivity contribution in [2.24, 2.45) is 0 Å². The molecule has 0 atom stereocenters. The van der Waals surface area contributed by atoms with E-state index in [-0.39, 0.29) is 11.3 Å². The van der Waals surface area contributed by atoms with Gasteiger partial charge >= 0.3 is 6.36 Å². The van der Waals surface area contributed by atoms with Crippen LogP contribution in [0.1, 0.15) is 5.82 Å². The number of H-pyrrole nitrogens is 2. The van der Waals surface area contributed by atoms with Crippen LogP contribution in [-0.2, 0) is 0 Å². The van der Waals surface area contributed by atoms with Crippen LogP contribution >= 0.6 is 0 Å². The summed E-state index contributed by atoms with van der Waals surface area (Å²) in [6, 6.07) is 7.01. The molecular weight excluding hydrogens is 299 g/mol. The first-order chi connectivity index (χ1) is 10.3. The molecule has 22 heavy (non-hydrogen) atoms. The van der Waals surface area contributed by atoms with Gasteiger partial charge in [0.05, 0.1) is 5.52 Å². The second-order valence-electron chi connectivity index (χ2n) is 4.67. The van der Waals surface area contributed by atoms with Gasteiger partial charge in [-0.05, 0) is 42.8 Å². The standard InChI is InChI=1S/C14H10F3N3O2/c1-7-18-11-6-10(20-12(11)13(21)19-7)8-2-4-9(5-3-8)22-14(15,16)17/h2-6,20H,1H3,(H,18,19,21). The average Bonchev–Trinajstić information content (AvgIpc) is 2.81. The Morgan fingerprint density at radius 2 is 1.82 bits per heavy atom. The van der Waals surface area contributed by atoms with Gasteiger partial charge in [0, 0.05) is 5.69 Å². The summed E-state index contributed by atoms with van der Waals surface area (Å²) in [6.07, 6.45) is -4.72. The summed E-state index contributed by atoms with van der Waals surface area (Å²) in [7, 11) is 0. The van der Waals surface area contributed by atoms with Crippen molar-refractivity contribution in [2.75, 3.05) is 0 Å². The number of ether oxygens (including phenoxy) is 1. The number of alkyl halides is 3. The van der Waals surface area contributed by atoms with E-state index in [2.05, 4.69) is 19.7 Å². The third kappa shape index (κ3) is 2.80. The van der Waals surface area contributed by atoms with Gasteiger partial charge in [-0.1, -0.05) is 0 Å². The van der Waals surface area contributed by atoms with Gasteiger partial charge in [0.1, 0.15) is 17.1 Å². The number of aromatic nitrogens is 3. The van der Waals surface area contributed by atoms with Crippen molar-refractivity contribution in [1.82, 2.24) is 15.0 Å². The minimum atomic E-state index is -4.72. The molecule has 2 aromatic heterocycles. The molecule has 0 aliphatic rings. The van der Waals surface area contributed by atoms with Crippen molar-refractivity contribution >= 4 is 11.0 Å². The lowest BCUT2D eigenvalue weighted by Gasteiger charge is -2.08. The van der Waals surface area contributed by atoms with Gasteiger partial charge in [0.2, 0.25) is 0 Å². The van der Waals surface area contributed by atoms with E-state index in [1.807, 2.05) is 0 Å². The van der Waals surface area contributed by atoms with Crippen molar-refractivity contribution in [3.63, 3.8) is 0 Å². The lowest BCUT2D eigenvalue weighted by atomic mass is 10.1. The largest absolute Gasteiger partial charge is 0.573 e. The number of hydrogen-bond donors (Lipinski definition) is 2. The maximum absolute atomic E-state index is 12.1. The minimum Gasteiger partial charge on any atom is -0.406 e. The molecule has 0 spiro atoms. The molecule has 3 rings (SSSR count). The third-order valence-electron chi connectivity index (χ3n) is 3.01. The summed E-state index contributed by atoms with van der Waals surface area (Å²) in [5.74, 6) is 0.177. The zero-order valence-corrected chi connectivity index (χ0v) is 11.3. The first kappa shape index (κ1) is 14.2. The molecule has 0 aliphatic heterocycles. The van der Waals surface area contributed by atoms with E-state index in [1.54, 1.807) is 13.0 Å². The van der Waals surface area contributed by atoms with E-state index >= 15 is 0 Å². The minimum absolute atomic E-state index is 0.300. The molecule has 0 saturated carbocycles. The number of aryl methyl sites for hydroxylation is 1. The maximum atomic E-state index is 12.1. The SMILES string of the molecule is Cc1nc2cc(-c3ccc(OC(F)(F)F)cc3)[nH]c2c(=O)[nH]1. The molecule has 1 aromatic carbocycles. The fraction of sp³-hybridized carbons (Fsp3) is 0.143. The molecule has 0 bridgehead atoms. The summed E-state index contributed by atoms with van der Waals surface area (Å²) in [4.78, 5) is 21.4. The number of nitrogens with one attached hydrogen (secondary N) is 2. The number of benzene rings is 1. The zero-order valence-electron chi connectivity index (χ0n) is 11.3. The van der Waals surface area contributed by atoms with Crippen LogP contribution in [0, 0.1) is 6.92 Å². The first-order valence-corrected chi connectivity index (χ1v) is 6.28. The lowest BCUT2D eigenvalue weighted by molar-refractivity contribution is -0.274. The van der Waals surface area contributed by atoms with Crippen LogP contribution in [0.15, 0.2) is 35.1 Å². The van der Waals surface area contributed by atoms with E-state index in [4.69, 9.17) is 0 Å². The van der Waals surface area contributed by atoms with E-state index in [9.17, 15) is 18.0 Å². The lowest BCUT2D eigenvalue weighted by Crippen LogP contribution is -2.16. The molecule has 2 N–H and O–H groups in total. The number of rotatable bonds is 2. The monoisotopic (exact) mass is 309 g/mol. The molecule has 0 fully saturated rings. The molecule has 3 aromatic rings. The van der Waals surface area contributed by atoms with Gasteiger partial charge in [0.25, 0.3) is 5.56 Å². The summed E-state index contributed by atoms with van der Waals surface area (Å²) in [6.45, 7) is 1.66. The van der Waals surface area contributed by atoms with Crippen LogP contribution in [-0.4, -0.2) is 21.3 Å². The Morgan fingerprint density at radius 3 is 2.45 bits per heavy atom.